The number of carbonyl (C=O) groups excluding carboxylic acids is 1. The average molecular weight is 278 g/mol. The van der Waals surface area contributed by atoms with Gasteiger partial charge >= 0.3 is 0 Å². The van der Waals surface area contributed by atoms with E-state index in [9.17, 15) is 9.90 Å². The van der Waals surface area contributed by atoms with Crippen molar-refractivity contribution in [2.75, 3.05) is 38.5 Å². The third-order valence-corrected chi connectivity index (χ3v) is 3.30. The summed E-state index contributed by atoms with van der Waals surface area (Å²) in [5, 5.41) is 9.81. The molecule has 1 aromatic rings. The van der Waals surface area contributed by atoms with Crippen molar-refractivity contribution in [2.45, 2.75) is 19.4 Å². The number of rotatable bonds is 3. The number of nitrogen functional groups attached to an aromatic ring is 1. The lowest BCUT2D eigenvalue weighted by Crippen LogP contribution is -2.52. The minimum atomic E-state index is -0.701. The van der Waals surface area contributed by atoms with Crippen molar-refractivity contribution in [1.29, 1.82) is 0 Å². The molecule has 2 rings (SSSR count). The molecule has 110 valence electrons. The monoisotopic (exact) mass is 278 g/mol. The highest BCUT2D eigenvalue weighted by Gasteiger charge is 2.25. The number of aromatic nitrogens is 1. The number of pyridine rings is 1. The Labute approximate surface area is 119 Å². The average Bonchev–Trinajstić information content (AvgIpc) is 2.38. The fourth-order valence-electron chi connectivity index (χ4n) is 2.37. The van der Waals surface area contributed by atoms with Crippen molar-refractivity contribution in [3.8, 4) is 0 Å². The van der Waals surface area contributed by atoms with E-state index in [0.29, 0.717) is 31.0 Å². The number of aliphatic hydroxyl groups is 1. The van der Waals surface area contributed by atoms with Gasteiger partial charge in [0, 0.05) is 38.9 Å². The Morgan fingerprint density at radius 1 is 1.35 bits per heavy atom. The molecule has 20 heavy (non-hydrogen) atoms. The van der Waals surface area contributed by atoms with Crippen LogP contribution in [-0.4, -0.2) is 64.1 Å². The molecule has 0 spiro atoms. The van der Waals surface area contributed by atoms with Crippen LogP contribution >= 0.6 is 0 Å². The van der Waals surface area contributed by atoms with Gasteiger partial charge in [-0.2, -0.15) is 0 Å². The lowest BCUT2D eigenvalue weighted by molar-refractivity contribution is 0.0178. The molecule has 0 unspecified atom stereocenters. The van der Waals surface area contributed by atoms with Gasteiger partial charge in [-0.15, -0.1) is 0 Å². The number of amides is 1. The van der Waals surface area contributed by atoms with E-state index in [1.165, 1.54) is 6.20 Å². The van der Waals surface area contributed by atoms with Crippen LogP contribution in [0.2, 0.25) is 0 Å². The van der Waals surface area contributed by atoms with Gasteiger partial charge in [0.25, 0.3) is 5.91 Å². The van der Waals surface area contributed by atoms with Gasteiger partial charge in [0.05, 0.1) is 11.2 Å². The third-order valence-electron chi connectivity index (χ3n) is 3.30. The fraction of sp³-hybridized carbons (Fsp3) is 0.571. The predicted molar refractivity (Wildman–Crippen MR) is 77.3 cm³/mol. The summed E-state index contributed by atoms with van der Waals surface area (Å²) in [5.74, 6) is 0.400. The van der Waals surface area contributed by atoms with E-state index < -0.39 is 5.60 Å². The van der Waals surface area contributed by atoms with Crippen molar-refractivity contribution < 1.29 is 9.90 Å². The minimum Gasteiger partial charge on any atom is -0.389 e. The van der Waals surface area contributed by atoms with Crippen LogP contribution in [0.4, 0.5) is 5.82 Å². The van der Waals surface area contributed by atoms with Crippen LogP contribution in [0.3, 0.4) is 0 Å². The van der Waals surface area contributed by atoms with Crippen molar-refractivity contribution in [1.82, 2.24) is 14.8 Å². The Kier molecular flexibility index (Phi) is 4.25. The summed E-state index contributed by atoms with van der Waals surface area (Å²) in [4.78, 5) is 20.2. The number of nitrogens with zero attached hydrogens (tertiary/aromatic N) is 3. The second-order valence-electron chi connectivity index (χ2n) is 5.85. The molecule has 1 aromatic heterocycles. The number of anilines is 1. The molecule has 1 saturated heterocycles. The van der Waals surface area contributed by atoms with Gasteiger partial charge in [0.1, 0.15) is 5.82 Å². The summed E-state index contributed by atoms with van der Waals surface area (Å²) >= 11 is 0. The molecule has 0 atom stereocenters. The summed E-state index contributed by atoms with van der Waals surface area (Å²) in [7, 11) is 0. The Morgan fingerprint density at radius 2 is 2.00 bits per heavy atom. The van der Waals surface area contributed by atoms with Crippen LogP contribution in [0.15, 0.2) is 18.3 Å². The number of nitrogens with two attached hydrogens (primary N) is 1. The first kappa shape index (κ1) is 14.7. The molecule has 1 aliphatic rings. The summed E-state index contributed by atoms with van der Waals surface area (Å²) in [6.45, 7) is 7.10. The highest BCUT2D eigenvalue weighted by atomic mass is 16.3. The van der Waals surface area contributed by atoms with Gasteiger partial charge in [-0.25, -0.2) is 4.98 Å². The first-order valence-corrected chi connectivity index (χ1v) is 6.81. The van der Waals surface area contributed by atoms with E-state index in [1.54, 1.807) is 26.0 Å². The van der Waals surface area contributed by atoms with Gasteiger partial charge in [-0.1, -0.05) is 0 Å². The molecule has 0 bridgehead atoms. The van der Waals surface area contributed by atoms with E-state index in [1.807, 2.05) is 4.90 Å². The molecule has 1 amide bonds. The quantitative estimate of drug-likeness (QED) is 0.825. The molecular formula is C14H22N4O2. The molecule has 6 nitrogen and oxygen atoms in total. The van der Waals surface area contributed by atoms with Crippen molar-refractivity contribution >= 4 is 11.7 Å². The highest BCUT2D eigenvalue weighted by Crippen LogP contribution is 2.11. The highest BCUT2D eigenvalue weighted by molar-refractivity contribution is 5.94. The SMILES string of the molecule is CC(C)(O)CN1CCN(C(=O)c2ccc(N)nc2)CC1. The number of β-amino-alcohol motifs (C(OH)–C–C–N with tert-alkyl or cyclic N) is 1. The van der Waals surface area contributed by atoms with E-state index in [2.05, 4.69) is 9.88 Å². The number of piperazine rings is 1. The maximum Gasteiger partial charge on any atom is 0.255 e. The Balaban J connectivity index is 1.90. The molecule has 3 N–H and O–H groups in total. The molecule has 6 heteroatoms. The maximum atomic E-state index is 12.3. The van der Waals surface area contributed by atoms with E-state index in [-0.39, 0.29) is 5.91 Å². The Hall–Kier alpha value is -1.66. The first-order valence-electron chi connectivity index (χ1n) is 6.81. The van der Waals surface area contributed by atoms with Crippen LogP contribution in [-0.2, 0) is 0 Å². The van der Waals surface area contributed by atoms with Crippen LogP contribution < -0.4 is 5.73 Å². The topological polar surface area (TPSA) is 82.7 Å². The zero-order chi connectivity index (χ0) is 14.8. The summed E-state index contributed by atoms with van der Waals surface area (Å²) < 4.78 is 0. The summed E-state index contributed by atoms with van der Waals surface area (Å²) in [6.07, 6.45) is 1.51. The minimum absolute atomic E-state index is 0.0135. The van der Waals surface area contributed by atoms with Gasteiger partial charge in [0.15, 0.2) is 0 Å². The molecule has 1 fully saturated rings. The zero-order valence-corrected chi connectivity index (χ0v) is 12.0. The van der Waals surface area contributed by atoms with Crippen molar-refractivity contribution in [2.24, 2.45) is 0 Å². The second-order valence-corrected chi connectivity index (χ2v) is 5.85. The number of hydrogen-bond acceptors (Lipinski definition) is 5. The van der Waals surface area contributed by atoms with Crippen LogP contribution in [0.1, 0.15) is 24.2 Å². The standard InChI is InChI=1S/C14H22N4O2/c1-14(2,20)10-17-5-7-18(8-6-17)13(19)11-3-4-12(15)16-9-11/h3-4,9,20H,5-8,10H2,1-2H3,(H2,15,16). The van der Waals surface area contributed by atoms with Gasteiger partial charge in [0.2, 0.25) is 0 Å². The fourth-order valence-corrected chi connectivity index (χ4v) is 2.37. The molecule has 0 aromatic carbocycles. The molecule has 0 saturated carbocycles. The smallest absolute Gasteiger partial charge is 0.255 e. The lowest BCUT2D eigenvalue weighted by Gasteiger charge is -2.37. The predicted octanol–water partition coefficient (Wildman–Crippen LogP) is 0.193. The maximum absolute atomic E-state index is 12.3. The number of carbonyl (C=O) groups is 1. The second kappa shape index (κ2) is 5.76. The molecular weight excluding hydrogens is 256 g/mol. The van der Waals surface area contributed by atoms with E-state index in [4.69, 9.17) is 5.73 Å². The van der Waals surface area contributed by atoms with Gasteiger partial charge < -0.3 is 15.7 Å². The third kappa shape index (κ3) is 3.91. The Morgan fingerprint density at radius 3 is 2.50 bits per heavy atom. The lowest BCUT2D eigenvalue weighted by atomic mass is 10.1. The van der Waals surface area contributed by atoms with Gasteiger partial charge in [-0.05, 0) is 26.0 Å². The van der Waals surface area contributed by atoms with Crippen LogP contribution in [0, 0.1) is 0 Å². The molecule has 2 heterocycles. The summed E-state index contributed by atoms with van der Waals surface area (Å²) in [6, 6.07) is 3.34. The van der Waals surface area contributed by atoms with Crippen molar-refractivity contribution in [3.63, 3.8) is 0 Å². The van der Waals surface area contributed by atoms with E-state index >= 15 is 0 Å². The van der Waals surface area contributed by atoms with E-state index in [0.717, 1.165) is 13.1 Å². The summed E-state index contributed by atoms with van der Waals surface area (Å²) in [5.41, 5.74) is 5.38. The molecule has 0 radical (unpaired) electrons. The van der Waals surface area contributed by atoms with Crippen LogP contribution in [0.25, 0.3) is 0 Å². The largest absolute Gasteiger partial charge is 0.389 e. The Bertz CT molecular complexity index is 459. The molecule has 0 aliphatic carbocycles. The first-order chi connectivity index (χ1) is 9.35. The van der Waals surface area contributed by atoms with Crippen molar-refractivity contribution in [3.05, 3.63) is 23.9 Å². The molecule has 1 aliphatic heterocycles. The van der Waals surface area contributed by atoms with Gasteiger partial charge in [-0.3, -0.25) is 9.69 Å². The normalized spacial score (nSPS) is 17.2. The zero-order valence-electron chi connectivity index (χ0n) is 12.0. The van der Waals surface area contributed by atoms with Crippen LogP contribution in [0.5, 0.6) is 0 Å². The number of hydrogen-bond donors (Lipinski definition) is 2.